The highest BCUT2D eigenvalue weighted by Gasteiger charge is 2.25. The number of aliphatic hydroxyl groups excluding tert-OH is 1. The lowest BCUT2D eigenvalue weighted by Crippen LogP contribution is -2.42. The molecule has 2 rings (SSSR count). The Bertz CT molecular complexity index is 469. The normalized spacial score (nSPS) is 20.5. The van der Waals surface area contributed by atoms with Gasteiger partial charge in [-0.1, -0.05) is 18.9 Å². The zero-order valence-corrected chi connectivity index (χ0v) is 10.3. The number of aliphatic hydroxyl groups is 1. The lowest BCUT2D eigenvalue weighted by atomic mass is 10.1. The average Bonchev–Trinajstić information content (AvgIpc) is 2.62. The monoisotopic (exact) mass is 250 g/mol. The summed E-state index contributed by atoms with van der Waals surface area (Å²) >= 11 is 0. The van der Waals surface area contributed by atoms with Crippen molar-refractivity contribution in [3.8, 4) is 0 Å². The number of rotatable bonds is 2. The summed E-state index contributed by atoms with van der Waals surface area (Å²) in [4.78, 5) is 27.8. The third-order valence-electron chi connectivity index (χ3n) is 3.35. The van der Waals surface area contributed by atoms with Crippen LogP contribution in [0.3, 0.4) is 0 Å². The predicted molar refractivity (Wildman–Crippen MR) is 67.4 cm³/mol. The van der Waals surface area contributed by atoms with Gasteiger partial charge in [-0.25, -0.2) is 0 Å². The van der Waals surface area contributed by atoms with Crippen LogP contribution in [-0.4, -0.2) is 40.1 Å². The molecular weight excluding hydrogens is 232 g/mol. The first-order valence-electron chi connectivity index (χ1n) is 6.33. The second-order valence-corrected chi connectivity index (χ2v) is 4.61. The van der Waals surface area contributed by atoms with E-state index in [1.165, 1.54) is 6.07 Å². The third-order valence-corrected chi connectivity index (χ3v) is 3.35. The number of H-pyrrole nitrogens is 1. The smallest absolute Gasteiger partial charge is 0.270 e. The number of nitrogens with zero attached hydrogens (tertiary/aromatic N) is 1. The number of carbonyl (C=O) groups is 1. The van der Waals surface area contributed by atoms with E-state index in [1.54, 1.807) is 17.0 Å². The van der Waals surface area contributed by atoms with Gasteiger partial charge >= 0.3 is 0 Å². The first-order chi connectivity index (χ1) is 8.72. The Hall–Kier alpha value is -1.62. The van der Waals surface area contributed by atoms with Crippen LogP contribution in [0.4, 0.5) is 0 Å². The molecule has 18 heavy (non-hydrogen) atoms. The number of amides is 1. The largest absolute Gasteiger partial charge is 0.394 e. The first-order valence-corrected chi connectivity index (χ1v) is 6.33. The van der Waals surface area contributed by atoms with E-state index in [4.69, 9.17) is 0 Å². The number of aromatic amines is 1. The molecule has 1 atom stereocenters. The zero-order chi connectivity index (χ0) is 13.0. The highest BCUT2D eigenvalue weighted by atomic mass is 16.3. The van der Waals surface area contributed by atoms with Crippen molar-refractivity contribution < 1.29 is 9.90 Å². The van der Waals surface area contributed by atoms with Crippen molar-refractivity contribution in [1.29, 1.82) is 0 Å². The van der Waals surface area contributed by atoms with Crippen LogP contribution in [0, 0.1) is 0 Å². The van der Waals surface area contributed by atoms with Gasteiger partial charge in [-0.05, 0) is 18.9 Å². The van der Waals surface area contributed by atoms with Crippen molar-refractivity contribution in [3.05, 3.63) is 34.2 Å². The highest BCUT2D eigenvalue weighted by Crippen LogP contribution is 2.18. The number of nitrogens with one attached hydrogen (secondary N) is 1. The van der Waals surface area contributed by atoms with E-state index >= 15 is 0 Å². The van der Waals surface area contributed by atoms with Crippen molar-refractivity contribution in [2.24, 2.45) is 0 Å². The van der Waals surface area contributed by atoms with Crippen LogP contribution in [0.15, 0.2) is 23.0 Å². The van der Waals surface area contributed by atoms with Gasteiger partial charge in [0.25, 0.3) is 5.91 Å². The molecule has 0 spiro atoms. The highest BCUT2D eigenvalue weighted by molar-refractivity contribution is 5.92. The van der Waals surface area contributed by atoms with Crippen molar-refractivity contribution in [1.82, 2.24) is 9.88 Å². The van der Waals surface area contributed by atoms with Gasteiger partial charge in [0.15, 0.2) is 0 Å². The number of hydrogen-bond acceptors (Lipinski definition) is 3. The molecule has 1 aliphatic rings. The van der Waals surface area contributed by atoms with Crippen LogP contribution in [0.25, 0.3) is 0 Å². The summed E-state index contributed by atoms with van der Waals surface area (Å²) in [6.07, 6.45) is 3.87. The SMILES string of the molecule is O=C(c1cccc(=O)[nH]1)N1CCCCCC1CO. The number of likely N-dealkylation sites (tertiary alicyclic amines) is 1. The van der Waals surface area contributed by atoms with Gasteiger partial charge in [-0.3, -0.25) is 9.59 Å². The molecule has 1 aromatic rings. The Kier molecular flexibility index (Phi) is 4.15. The summed E-state index contributed by atoms with van der Waals surface area (Å²) in [5.41, 5.74) is 0.0130. The van der Waals surface area contributed by atoms with Crippen LogP contribution >= 0.6 is 0 Å². The van der Waals surface area contributed by atoms with Crippen LogP contribution in [0.5, 0.6) is 0 Å². The maximum absolute atomic E-state index is 12.3. The maximum atomic E-state index is 12.3. The second kappa shape index (κ2) is 5.82. The van der Waals surface area contributed by atoms with Crippen LogP contribution < -0.4 is 5.56 Å². The molecule has 0 aromatic carbocycles. The fraction of sp³-hybridized carbons (Fsp3) is 0.538. The molecule has 1 aromatic heterocycles. The van der Waals surface area contributed by atoms with Gasteiger partial charge in [0.2, 0.25) is 5.56 Å². The van der Waals surface area contributed by atoms with E-state index in [0.29, 0.717) is 12.2 Å². The summed E-state index contributed by atoms with van der Waals surface area (Å²) in [6.45, 7) is 0.615. The summed E-state index contributed by atoms with van der Waals surface area (Å²) < 4.78 is 0. The van der Waals surface area contributed by atoms with Gasteiger partial charge in [-0.15, -0.1) is 0 Å². The van der Waals surface area contributed by atoms with Crippen LogP contribution in [0.2, 0.25) is 0 Å². The standard InChI is InChI=1S/C13H18N2O3/c16-9-10-5-2-1-3-8-15(10)13(18)11-6-4-7-12(17)14-11/h4,6-7,10,16H,1-3,5,8-9H2,(H,14,17). The molecule has 0 radical (unpaired) electrons. The Balaban J connectivity index is 2.22. The Morgan fingerprint density at radius 3 is 2.94 bits per heavy atom. The molecule has 1 unspecified atom stereocenters. The number of pyridine rings is 1. The van der Waals surface area contributed by atoms with Gasteiger partial charge in [-0.2, -0.15) is 0 Å². The topological polar surface area (TPSA) is 73.4 Å². The fourth-order valence-electron chi connectivity index (χ4n) is 2.36. The first kappa shape index (κ1) is 12.8. The van der Waals surface area contributed by atoms with E-state index in [2.05, 4.69) is 4.98 Å². The summed E-state index contributed by atoms with van der Waals surface area (Å²) in [5.74, 6) is -0.200. The number of carbonyl (C=O) groups excluding carboxylic acids is 1. The molecule has 0 aliphatic carbocycles. The van der Waals surface area contributed by atoms with E-state index in [0.717, 1.165) is 25.7 Å². The van der Waals surface area contributed by atoms with E-state index < -0.39 is 0 Å². The number of aromatic nitrogens is 1. The van der Waals surface area contributed by atoms with Crippen molar-refractivity contribution >= 4 is 5.91 Å². The quantitative estimate of drug-likeness (QED) is 0.813. The fourth-order valence-corrected chi connectivity index (χ4v) is 2.36. The van der Waals surface area contributed by atoms with E-state index in [1.807, 2.05) is 0 Å². The molecule has 98 valence electrons. The summed E-state index contributed by atoms with van der Waals surface area (Å²) in [7, 11) is 0. The van der Waals surface area contributed by atoms with Crippen molar-refractivity contribution in [3.63, 3.8) is 0 Å². The van der Waals surface area contributed by atoms with Crippen LogP contribution in [-0.2, 0) is 0 Å². The van der Waals surface area contributed by atoms with Crippen molar-refractivity contribution in [2.75, 3.05) is 13.2 Å². The van der Waals surface area contributed by atoms with Crippen LogP contribution in [0.1, 0.15) is 36.2 Å². The van der Waals surface area contributed by atoms with E-state index in [-0.39, 0.29) is 24.1 Å². The molecular formula is C13H18N2O3. The summed E-state index contributed by atoms with van der Waals surface area (Å²) in [6, 6.07) is 4.41. The maximum Gasteiger partial charge on any atom is 0.270 e. The van der Waals surface area contributed by atoms with E-state index in [9.17, 15) is 14.7 Å². The molecule has 5 heteroatoms. The molecule has 0 bridgehead atoms. The average molecular weight is 250 g/mol. The van der Waals surface area contributed by atoms with Gasteiger partial charge < -0.3 is 15.0 Å². The molecule has 1 fully saturated rings. The molecule has 0 saturated carbocycles. The molecule has 5 nitrogen and oxygen atoms in total. The third kappa shape index (κ3) is 2.79. The summed E-state index contributed by atoms with van der Waals surface area (Å²) in [5, 5.41) is 9.37. The Morgan fingerprint density at radius 2 is 2.22 bits per heavy atom. The van der Waals surface area contributed by atoms with Crippen molar-refractivity contribution in [2.45, 2.75) is 31.7 Å². The molecule has 1 amide bonds. The predicted octanol–water partition coefficient (Wildman–Crippen LogP) is 0.752. The minimum Gasteiger partial charge on any atom is -0.394 e. The Labute approximate surface area is 105 Å². The lowest BCUT2D eigenvalue weighted by molar-refractivity contribution is 0.0593. The minimum atomic E-state index is -0.281. The molecule has 2 N–H and O–H groups in total. The molecule has 2 heterocycles. The number of hydrogen-bond donors (Lipinski definition) is 2. The zero-order valence-electron chi connectivity index (χ0n) is 10.3. The molecule has 1 aliphatic heterocycles. The van der Waals surface area contributed by atoms with Gasteiger partial charge in [0.05, 0.1) is 12.6 Å². The Morgan fingerprint density at radius 1 is 1.39 bits per heavy atom. The van der Waals surface area contributed by atoms with Gasteiger partial charge in [0, 0.05) is 12.6 Å². The van der Waals surface area contributed by atoms with Gasteiger partial charge in [0.1, 0.15) is 5.69 Å². The lowest BCUT2D eigenvalue weighted by Gasteiger charge is -2.28. The minimum absolute atomic E-state index is 0.0250. The second-order valence-electron chi connectivity index (χ2n) is 4.61. The molecule has 1 saturated heterocycles.